The lowest BCUT2D eigenvalue weighted by molar-refractivity contribution is 0.555. The number of oxazole rings is 1. The van der Waals surface area contributed by atoms with E-state index in [1.807, 2.05) is 0 Å². The number of nitrogens with one attached hydrogen (secondary N) is 2. The molecule has 0 amide bonds. The molecule has 3 aromatic rings. The molecule has 0 aliphatic rings. The van der Waals surface area contributed by atoms with Crippen LogP contribution in [0, 0.1) is 12.7 Å². The van der Waals surface area contributed by atoms with Crippen LogP contribution in [-0.2, 0) is 10.0 Å². The molecule has 0 atom stereocenters. The molecule has 2 aromatic carbocycles. The van der Waals surface area contributed by atoms with Crippen molar-refractivity contribution in [3.63, 3.8) is 0 Å². The summed E-state index contributed by atoms with van der Waals surface area (Å²) in [6, 6.07) is 8.08. The van der Waals surface area contributed by atoms with E-state index in [0.717, 1.165) is 6.07 Å². The van der Waals surface area contributed by atoms with Crippen molar-refractivity contribution in [1.29, 1.82) is 0 Å². The van der Waals surface area contributed by atoms with E-state index in [4.69, 9.17) is 4.42 Å². The second kappa shape index (κ2) is 4.99. The molecule has 22 heavy (non-hydrogen) atoms. The van der Waals surface area contributed by atoms with Crippen LogP contribution in [0.1, 0.15) is 5.56 Å². The third kappa shape index (κ3) is 2.60. The monoisotopic (exact) mass is 322 g/mol. The van der Waals surface area contributed by atoms with Crippen molar-refractivity contribution in [2.45, 2.75) is 11.8 Å². The maximum Gasteiger partial charge on any atom is 0.417 e. The number of H-pyrrole nitrogens is 1. The van der Waals surface area contributed by atoms with E-state index in [9.17, 15) is 17.6 Å². The normalized spacial score (nSPS) is 11.7. The molecule has 0 unspecified atom stereocenters. The van der Waals surface area contributed by atoms with Gasteiger partial charge in [0.25, 0.3) is 10.0 Å². The molecule has 114 valence electrons. The fourth-order valence-corrected chi connectivity index (χ4v) is 3.26. The summed E-state index contributed by atoms with van der Waals surface area (Å²) in [7, 11) is -4.08. The summed E-state index contributed by atoms with van der Waals surface area (Å²) in [5.41, 5.74) is 1.45. The van der Waals surface area contributed by atoms with Gasteiger partial charge in [0.15, 0.2) is 5.58 Å². The second-order valence-electron chi connectivity index (χ2n) is 4.76. The largest absolute Gasteiger partial charge is 0.417 e. The number of aromatic amines is 1. The molecule has 0 radical (unpaired) electrons. The summed E-state index contributed by atoms with van der Waals surface area (Å²) in [6.07, 6.45) is 0. The van der Waals surface area contributed by atoms with Crippen molar-refractivity contribution in [3.8, 4) is 0 Å². The van der Waals surface area contributed by atoms with E-state index in [-0.39, 0.29) is 5.69 Å². The fourth-order valence-electron chi connectivity index (χ4n) is 2.04. The highest BCUT2D eigenvalue weighted by molar-refractivity contribution is 7.92. The fraction of sp³-hybridized carbons (Fsp3) is 0.0714. The van der Waals surface area contributed by atoms with Crippen molar-refractivity contribution in [3.05, 3.63) is 58.3 Å². The first-order valence-corrected chi connectivity index (χ1v) is 7.75. The van der Waals surface area contributed by atoms with E-state index in [1.54, 1.807) is 6.92 Å². The van der Waals surface area contributed by atoms with Crippen LogP contribution in [-0.4, -0.2) is 13.4 Å². The predicted molar refractivity (Wildman–Crippen MR) is 78.8 cm³/mol. The first-order valence-electron chi connectivity index (χ1n) is 6.27. The number of fused-ring (bicyclic) bond motifs is 1. The summed E-state index contributed by atoms with van der Waals surface area (Å²) in [5, 5.41) is 0. The van der Waals surface area contributed by atoms with Crippen LogP contribution < -0.4 is 10.5 Å². The molecule has 0 aliphatic carbocycles. The van der Waals surface area contributed by atoms with E-state index in [2.05, 4.69) is 9.71 Å². The summed E-state index contributed by atoms with van der Waals surface area (Å²) in [5.74, 6) is -1.48. The number of anilines is 1. The number of aryl methyl sites for hydroxylation is 1. The highest BCUT2D eigenvalue weighted by Crippen LogP contribution is 2.22. The average molecular weight is 322 g/mol. The van der Waals surface area contributed by atoms with Crippen LogP contribution in [0.3, 0.4) is 0 Å². The van der Waals surface area contributed by atoms with Crippen molar-refractivity contribution < 1.29 is 17.2 Å². The quantitative estimate of drug-likeness (QED) is 0.774. The first-order chi connectivity index (χ1) is 10.3. The van der Waals surface area contributed by atoms with Crippen LogP contribution in [0.15, 0.2) is 50.5 Å². The zero-order chi connectivity index (χ0) is 15.9. The topological polar surface area (TPSA) is 92.2 Å². The lowest BCUT2D eigenvalue weighted by Crippen LogP contribution is -2.14. The van der Waals surface area contributed by atoms with Gasteiger partial charge in [-0.2, -0.15) is 0 Å². The number of rotatable bonds is 3. The molecule has 0 fully saturated rings. The van der Waals surface area contributed by atoms with Crippen molar-refractivity contribution in [1.82, 2.24) is 4.98 Å². The Hall–Kier alpha value is -2.61. The van der Waals surface area contributed by atoms with Crippen molar-refractivity contribution >= 4 is 26.8 Å². The molecule has 6 nitrogen and oxygen atoms in total. The summed E-state index contributed by atoms with van der Waals surface area (Å²) < 4.78 is 45.4. The third-order valence-electron chi connectivity index (χ3n) is 3.05. The van der Waals surface area contributed by atoms with Crippen LogP contribution in [0.4, 0.5) is 10.1 Å². The second-order valence-corrected chi connectivity index (χ2v) is 6.42. The Kier molecular flexibility index (Phi) is 3.25. The molecule has 1 heterocycles. The first kappa shape index (κ1) is 14.3. The number of halogens is 1. The summed E-state index contributed by atoms with van der Waals surface area (Å²) in [4.78, 5) is 13.1. The Balaban J connectivity index is 2.02. The molecule has 3 rings (SSSR count). The Morgan fingerprint density at radius 3 is 2.73 bits per heavy atom. The molecule has 1 aromatic heterocycles. The van der Waals surface area contributed by atoms with E-state index in [0.29, 0.717) is 16.7 Å². The van der Waals surface area contributed by atoms with E-state index in [1.165, 1.54) is 30.3 Å². The third-order valence-corrected chi connectivity index (χ3v) is 4.44. The minimum atomic E-state index is -4.08. The lowest BCUT2D eigenvalue weighted by atomic mass is 10.2. The molecular weight excluding hydrogens is 311 g/mol. The number of hydrogen-bond acceptors (Lipinski definition) is 4. The van der Waals surface area contributed by atoms with Gasteiger partial charge in [-0.3, -0.25) is 9.71 Å². The van der Waals surface area contributed by atoms with Crippen LogP contribution in [0.2, 0.25) is 0 Å². The van der Waals surface area contributed by atoms with E-state index < -0.39 is 26.5 Å². The smallest absolute Gasteiger partial charge is 0.408 e. The van der Waals surface area contributed by atoms with Crippen molar-refractivity contribution in [2.24, 2.45) is 0 Å². The molecular formula is C14H11FN2O4S. The molecule has 0 spiro atoms. The van der Waals surface area contributed by atoms with Gasteiger partial charge in [0.1, 0.15) is 10.7 Å². The molecule has 0 saturated heterocycles. The van der Waals surface area contributed by atoms with Gasteiger partial charge in [0.2, 0.25) is 0 Å². The van der Waals surface area contributed by atoms with Gasteiger partial charge in [-0.05, 0) is 42.8 Å². The maximum absolute atomic E-state index is 13.7. The van der Waals surface area contributed by atoms with Crippen LogP contribution in [0.5, 0.6) is 0 Å². The van der Waals surface area contributed by atoms with Gasteiger partial charge in [0, 0.05) is 0 Å². The number of benzene rings is 2. The Morgan fingerprint density at radius 1 is 1.18 bits per heavy atom. The molecule has 0 saturated carbocycles. The van der Waals surface area contributed by atoms with Gasteiger partial charge >= 0.3 is 5.76 Å². The van der Waals surface area contributed by atoms with Gasteiger partial charge in [-0.15, -0.1) is 0 Å². The highest BCUT2D eigenvalue weighted by Gasteiger charge is 2.19. The van der Waals surface area contributed by atoms with Gasteiger partial charge in [0.05, 0.1) is 11.2 Å². The molecule has 0 bridgehead atoms. The Bertz CT molecular complexity index is 1020. The highest BCUT2D eigenvalue weighted by atomic mass is 32.2. The van der Waals surface area contributed by atoms with Crippen molar-refractivity contribution in [2.75, 3.05) is 4.72 Å². The average Bonchev–Trinajstić information content (AvgIpc) is 2.80. The minimum Gasteiger partial charge on any atom is -0.408 e. The van der Waals surface area contributed by atoms with Crippen LogP contribution in [0.25, 0.3) is 11.1 Å². The molecule has 2 N–H and O–H groups in total. The summed E-state index contributed by atoms with van der Waals surface area (Å²) in [6.45, 7) is 1.67. The lowest BCUT2D eigenvalue weighted by Gasteiger charge is -2.09. The molecule has 8 heteroatoms. The van der Waals surface area contributed by atoms with Gasteiger partial charge < -0.3 is 4.42 Å². The van der Waals surface area contributed by atoms with Gasteiger partial charge in [-0.1, -0.05) is 6.07 Å². The Labute approximate surface area is 124 Å². The SMILES string of the molecule is Cc1ccc(F)c(S(=O)(=O)Nc2ccc3oc(=O)[nH]c3c2)c1. The minimum absolute atomic E-state index is 0.186. The molecule has 0 aliphatic heterocycles. The zero-order valence-electron chi connectivity index (χ0n) is 11.4. The maximum atomic E-state index is 13.7. The predicted octanol–water partition coefficient (Wildman–Crippen LogP) is 2.37. The standard InChI is InChI=1S/C14H11FN2O4S/c1-8-2-4-10(15)13(6-8)22(19,20)17-9-3-5-12-11(7-9)16-14(18)21-12/h2-7,17H,1H3,(H,16,18). The van der Waals surface area contributed by atoms with Gasteiger partial charge in [-0.25, -0.2) is 17.6 Å². The summed E-state index contributed by atoms with van der Waals surface area (Å²) >= 11 is 0. The number of hydrogen-bond donors (Lipinski definition) is 2. The number of sulfonamides is 1. The van der Waals surface area contributed by atoms with E-state index >= 15 is 0 Å². The Morgan fingerprint density at radius 2 is 1.95 bits per heavy atom. The zero-order valence-corrected chi connectivity index (χ0v) is 12.2. The number of aromatic nitrogens is 1. The van der Waals surface area contributed by atoms with Crippen LogP contribution >= 0.6 is 0 Å².